The van der Waals surface area contributed by atoms with Crippen molar-refractivity contribution in [1.29, 1.82) is 0 Å². The fourth-order valence-electron chi connectivity index (χ4n) is 1.14. The number of phenolic OH excluding ortho intramolecular Hbond substituents is 1. The van der Waals surface area contributed by atoms with Gasteiger partial charge in [0.05, 0.1) is 11.2 Å². The van der Waals surface area contributed by atoms with Gasteiger partial charge in [0.25, 0.3) is 0 Å². The minimum absolute atomic E-state index is 0.103. The summed E-state index contributed by atoms with van der Waals surface area (Å²) < 4.78 is 4.97. The van der Waals surface area contributed by atoms with E-state index in [0.29, 0.717) is 5.02 Å². The Morgan fingerprint density at radius 1 is 1.42 bits per heavy atom. The lowest BCUT2D eigenvalue weighted by Crippen LogP contribution is -2.29. The van der Waals surface area contributed by atoms with E-state index < -0.39 is 11.7 Å². The summed E-state index contributed by atoms with van der Waals surface area (Å²) >= 11 is 11.5. The van der Waals surface area contributed by atoms with E-state index in [2.05, 4.69) is 10.5 Å². The summed E-state index contributed by atoms with van der Waals surface area (Å²) in [5.41, 5.74) is 1.84. The van der Waals surface area contributed by atoms with Crippen LogP contribution >= 0.6 is 23.2 Å². The van der Waals surface area contributed by atoms with Crippen LogP contribution in [0.2, 0.25) is 10.0 Å². The zero-order valence-electron chi connectivity index (χ0n) is 10.7. The topological polar surface area (TPSA) is 70.9 Å². The van der Waals surface area contributed by atoms with Gasteiger partial charge in [-0.25, -0.2) is 10.2 Å². The lowest BCUT2D eigenvalue weighted by Gasteiger charge is -2.18. The molecule has 0 aliphatic rings. The lowest BCUT2D eigenvalue weighted by molar-refractivity contribution is 0.0529. The second-order valence-corrected chi connectivity index (χ2v) is 5.54. The van der Waals surface area contributed by atoms with Gasteiger partial charge in [-0.2, -0.15) is 5.10 Å². The highest BCUT2D eigenvalue weighted by atomic mass is 35.5. The van der Waals surface area contributed by atoms with Gasteiger partial charge in [-0.15, -0.1) is 0 Å². The van der Waals surface area contributed by atoms with Crippen LogP contribution in [0, 0.1) is 0 Å². The summed E-state index contributed by atoms with van der Waals surface area (Å²) in [6.45, 7) is 5.20. The van der Waals surface area contributed by atoms with Crippen LogP contribution in [0.15, 0.2) is 17.2 Å². The maximum atomic E-state index is 11.3. The molecule has 1 amide bonds. The first-order valence-corrected chi connectivity index (χ1v) is 6.15. The second-order valence-electron chi connectivity index (χ2n) is 4.70. The molecule has 0 atom stereocenters. The van der Waals surface area contributed by atoms with E-state index in [1.54, 1.807) is 20.8 Å². The summed E-state index contributed by atoms with van der Waals surface area (Å²) in [5.74, 6) is -0.166. The molecule has 0 spiro atoms. The van der Waals surface area contributed by atoms with Crippen LogP contribution in [0.5, 0.6) is 5.75 Å². The smallest absolute Gasteiger partial charge is 0.428 e. The molecule has 0 aliphatic carbocycles. The number of ether oxygens (including phenoxy) is 1. The van der Waals surface area contributed by atoms with E-state index in [4.69, 9.17) is 27.9 Å². The van der Waals surface area contributed by atoms with Crippen LogP contribution in [-0.2, 0) is 4.74 Å². The number of nitrogens with one attached hydrogen (secondary N) is 1. The van der Waals surface area contributed by atoms with Crippen LogP contribution in [0.25, 0.3) is 0 Å². The highest BCUT2D eigenvalue weighted by Crippen LogP contribution is 2.29. The molecule has 5 nitrogen and oxygen atoms in total. The summed E-state index contributed by atoms with van der Waals surface area (Å²) in [5, 5.41) is 13.7. The number of nitrogens with zero attached hydrogens (tertiary/aromatic N) is 1. The minimum Gasteiger partial charge on any atom is -0.506 e. The molecule has 0 aromatic heterocycles. The zero-order valence-corrected chi connectivity index (χ0v) is 12.2. The zero-order chi connectivity index (χ0) is 14.6. The number of phenols is 1. The molecule has 7 heteroatoms. The maximum absolute atomic E-state index is 11.3. The first-order chi connectivity index (χ1) is 8.69. The van der Waals surface area contributed by atoms with E-state index in [1.165, 1.54) is 18.3 Å². The number of halogens is 2. The van der Waals surface area contributed by atoms with Gasteiger partial charge in [-0.05, 0) is 32.9 Å². The van der Waals surface area contributed by atoms with Crippen molar-refractivity contribution in [1.82, 2.24) is 5.43 Å². The number of benzene rings is 1. The van der Waals surface area contributed by atoms with Gasteiger partial charge in [0, 0.05) is 10.6 Å². The Kier molecular flexibility index (Phi) is 5.03. The molecule has 2 N–H and O–H groups in total. The van der Waals surface area contributed by atoms with Crippen LogP contribution in [0.3, 0.4) is 0 Å². The average molecular weight is 305 g/mol. The molecule has 0 heterocycles. The standard InChI is InChI=1S/C12H14Cl2N2O3/c1-12(2,3)19-11(18)16-15-6-7-4-8(13)5-9(14)10(7)17/h4-6,17H,1-3H3,(H,16,18). The molecule has 0 saturated heterocycles. The van der Waals surface area contributed by atoms with E-state index in [0.717, 1.165) is 0 Å². The lowest BCUT2D eigenvalue weighted by atomic mass is 10.2. The first kappa shape index (κ1) is 15.6. The van der Waals surface area contributed by atoms with Crippen molar-refractivity contribution < 1.29 is 14.6 Å². The molecule has 0 saturated carbocycles. The predicted molar refractivity (Wildman–Crippen MR) is 75.1 cm³/mol. The third-order valence-corrected chi connectivity index (χ3v) is 2.32. The van der Waals surface area contributed by atoms with Crippen molar-refractivity contribution in [2.24, 2.45) is 5.10 Å². The van der Waals surface area contributed by atoms with E-state index in [9.17, 15) is 9.90 Å². The van der Waals surface area contributed by atoms with E-state index in [1.807, 2.05) is 0 Å². The average Bonchev–Trinajstić information content (AvgIpc) is 2.22. The van der Waals surface area contributed by atoms with Crippen molar-refractivity contribution in [2.75, 3.05) is 0 Å². The van der Waals surface area contributed by atoms with Crippen LogP contribution in [0.1, 0.15) is 26.3 Å². The van der Waals surface area contributed by atoms with E-state index >= 15 is 0 Å². The number of hydrogen-bond donors (Lipinski definition) is 2. The molecule has 0 aliphatic heterocycles. The Labute approximate surface area is 121 Å². The van der Waals surface area contributed by atoms with Crippen molar-refractivity contribution >= 4 is 35.5 Å². The SMILES string of the molecule is CC(C)(C)OC(=O)NN=Cc1cc(Cl)cc(Cl)c1O. The molecule has 1 aromatic carbocycles. The monoisotopic (exact) mass is 304 g/mol. The summed E-state index contributed by atoms with van der Waals surface area (Å²) in [6.07, 6.45) is 0.521. The number of hydrogen-bond acceptors (Lipinski definition) is 4. The molecule has 1 rings (SSSR count). The molecular formula is C12H14Cl2N2O3. The number of rotatable bonds is 2. The van der Waals surface area contributed by atoms with Gasteiger partial charge < -0.3 is 9.84 Å². The molecule has 0 unspecified atom stereocenters. The van der Waals surface area contributed by atoms with Crippen molar-refractivity contribution in [3.63, 3.8) is 0 Å². The van der Waals surface area contributed by atoms with Gasteiger partial charge in [-0.3, -0.25) is 0 Å². The fraction of sp³-hybridized carbons (Fsp3) is 0.333. The fourth-order valence-corrected chi connectivity index (χ4v) is 1.65. The largest absolute Gasteiger partial charge is 0.506 e. The van der Waals surface area contributed by atoms with Crippen molar-refractivity contribution in [3.8, 4) is 5.75 Å². The normalized spacial score (nSPS) is 11.6. The second kappa shape index (κ2) is 6.12. The Morgan fingerprint density at radius 2 is 2.05 bits per heavy atom. The van der Waals surface area contributed by atoms with Gasteiger partial charge >= 0.3 is 6.09 Å². The number of carbonyl (C=O) groups excluding carboxylic acids is 1. The number of amides is 1. The highest BCUT2D eigenvalue weighted by Gasteiger charge is 2.15. The highest BCUT2D eigenvalue weighted by molar-refractivity contribution is 6.36. The first-order valence-electron chi connectivity index (χ1n) is 5.39. The molecule has 0 bridgehead atoms. The van der Waals surface area contributed by atoms with Gasteiger partial charge in [0.2, 0.25) is 0 Å². The number of hydrazone groups is 1. The Balaban J connectivity index is 2.71. The van der Waals surface area contributed by atoms with Crippen LogP contribution in [-0.4, -0.2) is 23.0 Å². The molecule has 0 fully saturated rings. The predicted octanol–water partition coefficient (Wildman–Crippen LogP) is 3.56. The Hall–Kier alpha value is -1.46. The minimum atomic E-state index is -0.698. The summed E-state index contributed by atoms with van der Waals surface area (Å²) in [7, 11) is 0. The van der Waals surface area contributed by atoms with Crippen LogP contribution < -0.4 is 5.43 Å². The molecule has 19 heavy (non-hydrogen) atoms. The van der Waals surface area contributed by atoms with Gasteiger partial charge in [0.1, 0.15) is 11.4 Å². The summed E-state index contributed by atoms with van der Waals surface area (Å²) in [6, 6.07) is 2.86. The Bertz CT molecular complexity index is 510. The molecule has 0 radical (unpaired) electrons. The van der Waals surface area contributed by atoms with Crippen LogP contribution in [0.4, 0.5) is 4.79 Å². The molecular weight excluding hydrogens is 291 g/mol. The summed E-state index contributed by atoms with van der Waals surface area (Å²) in [4.78, 5) is 11.3. The van der Waals surface area contributed by atoms with Gasteiger partial charge in [-0.1, -0.05) is 23.2 Å². The van der Waals surface area contributed by atoms with Gasteiger partial charge in [0.15, 0.2) is 0 Å². The quantitative estimate of drug-likeness (QED) is 0.648. The third kappa shape index (κ3) is 5.36. The number of carbonyl (C=O) groups is 1. The van der Waals surface area contributed by atoms with Crippen molar-refractivity contribution in [2.45, 2.75) is 26.4 Å². The molecule has 1 aromatic rings. The Morgan fingerprint density at radius 3 is 2.63 bits per heavy atom. The van der Waals surface area contributed by atoms with E-state index in [-0.39, 0.29) is 16.3 Å². The third-order valence-electron chi connectivity index (χ3n) is 1.82. The number of aromatic hydroxyl groups is 1. The van der Waals surface area contributed by atoms with Crippen molar-refractivity contribution in [3.05, 3.63) is 27.7 Å². The molecule has 104 valence electrons. The maximum Gasteiger partial charge on any atom is 0.428 e.